The fraction of sp³-hybridized carbons (Fsp3) is 0.250. The van der Waals surface area contributed by atoms with Crippen LogP contribution >= 0.6 is 11.3 Å². The molecule has 1 aromatic carbocycles. The van der Waals surface area contributed by atoms with Crippen molar-refractivity contribution in [2.75, 3.05) is 5.32 Å². The van der Waals surface area contributed by atoms with Crippen LogP contribution in [-0.4, -0.2) is 4.98 Å². The Balaban J connectivity index is 1.99. The number of thiazole rings is 1. The first kappa shape index (κ1) is 12.0. The summed E-state index contributed by atoms with van der Waals surface area (Å²) in [6.45, 7) is 2.62. The SMILES string of the molecule is CCc1ncc(CNc2ccc(F)c(F)c2)s1. The van der Waals surface area contributed by atoms with Crippen LogP contribution in [0.3, 0.4) is 0 Å². The van der Waals surface area contributed by atoms with Crippen LogP contribution in [0.1, 0.15) is 16.8 Å². The zero-order chi connectivity index (χ0) is 12.3. The maximum absolute atomic E-state index is 12.9. The second-order valence-electron chi connectivity index (χ2n) is 3.56. The molecule has 0 bridgehead atoms. The van der Waals surface area contributed by atoms with Gasteiger partial charge in [-0.25, -0.2) is 13.8 Å². The Bertz CT molecular complexity index is 511. The highest BCUT2D eigenvalue weighted by atomic mass is 32.1. The average Bonchev–Trinajstić information content (AvgIpc) is 2.79. The second kappa shape index (κ2) is 5.23. The first-order chi connectivity index (χ1) is 8.19. The number of rotatable bonds is 4. The first-order valence-electron chi connectivity index (χ1n) is 5.31. The van der Waals surface area contributed by atoms with Gasteiger partial charge in [0.15, 0.2) is 11.6 Å². The lowest BCUT2D eigenvalue weighted by molar-refractivity contribution is 0.509. The highest BCUT2D eigenvalue weighted by molar-refractivity contribution is 7.11. The van der Waals surface area contributed by atoms with Crippen molar-refractivity contribution in [2.45, 2.75) is 19.9 Å². The number of nitrogens with zero attached hydrogens (tertiary/aromatic N) is 1. The Kier molecular flexibility index (Phi) is 3.68. The summed E-state index contributed by atoms with van der Waals surface area (Å²) in [6.07, 6.45) is 2.71. The predicted octanol–water partition coefficient (Wildman–Crippen LogP) is 3.60. The van der Waals surface area contributed by atoms with Crippen molar-refractivity contribution in [3.8, 4) is 0 Å². The fourth-order valence-electron chi connectivity index (χ4n) is 1.39. The third kappa shape index (κ3) is 3.00. The molecule has 1 heterocycles. The van der Waals surface area contributed by atoms with E-state index >= 15 is 0 Å². The van der Waals surface area contributed by atoms with Gasteiger partial charge in [0.05, 0.1) is 11.6 Å². The number of hydrogen-bond acceptors (Lipinski definition) is 3. The number of aryl methyl sites for hydroxylation is 1. The number of anilines is 1. The molecule has 0 saturated heterocycles. The zero-order valence-electron chi connectivity index (χ0n) is 9.34. The Hall–Kier alpha value is -1.49. The molecule has 0 radical (unpaired) electrons. The Labute approximate surface area is 102 Å². The van der Waals surface area contributed by atoms with E-state index in [0.717, 1.165) is 28.4 Å². The maximum Gasteiger partial charge on any atom is 0.160 e. The van der Waals surface area contributed by atoms with Gasteiger partial charge in [-0.2, -0.15) is 0 Å². The summed E-state index contributed by atoms with van der Waals surface area (Å²) in [6, 6.07) is 3.78. The van der Waals surface area contributed by atoms with Crippen molar-refractivity contribution < 1.29 is 8.78 Å². The van der Waals surface area contributed by atoms with E-state index in [0.29, 0.717) is 12.2 Å². The van der Waals surface area contributed by atoms with Crippen molar-refractivity contribution >= 4 is 17.0 Å². The summed E-state index contributed by atoms with van der Waals surface area (Å²) in [5.74, 6) is -1.67. The minimum atomic E-state index is -0.839. The molecule has 0 fully saturated rings. The molecule has 2 aromatic rings. The minimum absolute atomic E-state index is 0.565. The lowest BCUT2D eigenvalue weighted by Gasteiger charge is -2.04. The smallest absolute Gasteiger partial charge is 0.160 e. The molecule has 1 aromatic heterocycles. The molecule has 0 aliphatic carbocycles. The average molecular weight is 254 g/mol. The Morgan fingerprint density at radius 3 is 2.76 bits per heavy atom. The summed E-state index contributed by atoms with van der Waals surface area (Å²) in [5, 5.41) is 4.11. The standard InChI is InChI=1S/C12H12F2N2S/c1-2-12-16-7-9(17-12)6-15-8-3-4-10(13)11(14)5-8/h3-5,7,15H,2,6H2,1H3. The van der Waals surface area contributed by atoms with E-state index in [-0.39, 0.29) is 0 Å². The van der Waals surface area contributed by atoms with E-state index in [2.05, 4.69) is 10.3 Å². The molecular formula is C12H12F2N2S. The topological polar surface area (TPSA) is 24.9 Å². The molecule has 0 atom stereocenters. The molecular weight excluding hydrogens is 242 g/mol. The summed E-state index contributed by atoms with van der Waals surface area (Å²) in [5.41, 5.74) is 0.565. The van der Waals surface area contributed by atoms with Gasteiger partial charge in [0.25, 0.3) is 0 Å². The van der Waals surface area contributed by atoms with Crippen LogP contribution in [-0.2, 0) is 13.0 Å². The van der Waals surface area contributed by atoms with Crippen LogP contribution in [0.2, 0.25) is 0 Å². The van der Waals surface area contributed by atoms with E-state index < -0.39 is 11.6 Å². The highest BCUT2D eigenvalue weighted by Gasteiger charge is 2.03. The number of hydrogen-bond donors (Lipinski definition) is 1. The molecule has 0 unspecified atom stereocenters. The van der Waals surface area contributed by atoms with Crippen LogP contribution in [0.4, 0.5) is 14.5 Å². The molecule has 2 rings (SSSR count). The van der Waals surface area contributed by atoms with E-state index in [1.54, 1.807) is 17.5 Å². The third-order valence-corrected chi connectivity index (χ3v) is 3.43. The van der Waals surface area contributed by atoms with Gasteiger partial charge < -0.3 is 5.32 Å². The molecule has 5 heteroatoms. The van der Waals surface area contributed by atoms with E-state index in [4.69, 9.17) is 0 Å². The van der Waals surface area contributed by atoms with Gasteiger partial charge >= 0.3 is 0 Å². The molecule has 0 amide bonds. The molecule has 17 heavy (non-hydrogen) atoms. The molecule has 0 aliphatic rings. The lowest BCUT2D eigenvalue weighted by Crippen LogP contribution is -1.98. The summed E-state index contributed by atoms with van der Waals surface area (Å²) < 4.78 is 25.6. The van der Waals surface area contributed by atoms with Crippen molar-refractivity contribution in [3.63, 3.8) is 0 Å². The normalized spacial score (nSPS) is 10.5. The summed E-state index contributed by atoms with van der Waals surface area (Å²) in [7, 11) is 0. The Morgan fingerprint density at radius 1 is 1.29 bits per heavy atom. The van der Waals surface area contributed by atoms with Crippen LogP contribution in [0.25, 0.3) is 0 Å². The molecule has 90 valence electrons. The molecule has 1 N–H and O–H groups in total. The van der Waals surface area contributed by atoms with Gasteiger partial charge in [-0.3, -0.25) is 0 Å². The van der Waals surface area contributed by atoms with Gasteiger partial charge in [0, 0.05) is 22.8 Å². The lowest BCUT2D eigenvalue weighted by atomic mass is 10.3. The van der Waals surface area contributed by atoms with Crippen LogP contribution in [0, 0.1) is 11.6 Å². The van der Waals surface area contributed by atoms with Crippen LogP contribution in [0.5, 0.6) is 0 Å². The quantitative estimate of drug-likeness (QED) is 0.901. The van der Waals surface area contributed by atoms with Crippen molar-refractivity contribution in [1.82, 2.24) is 4.98 Å². The van der Waals surface area contributed by atoms with E-state index in [9.17, 15) is 8.78 Å². The van der Waals surface area contributed by atoms with E-state index in [1.165, 1.54) is 6.07 Å². The second-order valence-corrected chi connectivity index (χ2v) is 4.76. The van der Waals surface area contributed by atoms with Crippen LogP contribution < -0.4 is 5.32 Å². The molecule has 0 aliphatic heterocycles. The van der Waals surface area contributed by atoms with Gasteiger partial charge in [-0.05, 0) is 18.6 Å². The van der Waals surface area contributed by atoms with Crippen molar-refractivity contribution in [1.29, 1.82) is 0 Å². The molecule has 2 nitrogen and oxygen atoms in total. The highest BCUT2D eigenvalue weighted by Crippen LogP contribution is 2.17. The summed E-state index contributed by atoms with van der Waals surface area (Å²) >= 11 is 1.62. The number of aromatic nitrogens is 1. The van der Waals surface area contributed by atoms with Crippen molar-refractivity contribution in [2.24, 2.45) is 0 Å². The van der Waals surface area contributed by atoms with E-state index in [1.807, 2.05) is 6.92 Å². The number of nitrogens with one attached hydrogen (secondary N) is 1. The summed E-state index contributed by atoms with van der Waals surface area (Å²) in [4.78, 5) is 5.30. The van der Waals surface area contributed by atoms with Gasteiger partial charge in [-0.1, -0.05) is 6.92 Å². The molecule has 0 saturated carbocycles. The minimum Gasteiger partial charge on any atom is -0.380 e. The van der Waals surface area contributed by atoms with Gasteiger partial charge in [0.2, 0.25) is 0 Å². The van der Waals surface area contributed by atoms with Crippen molar-refractivity contribution in [3.05, 3.63) is 45.9 Å². The first-order valence-corrected chi connectivity index (χ1v) is 6.13. The number of benzene rings is 1. The van der Waals surface area contributed by atoms with Gasteiger partial charge in [0.1, 0.15) is 0 Å². The monoisotopic (exact) mass is 254 g/mol. The predicted molar refractivity (Wildman–Crippen MR) is 65.2 cm³/mol. The largest absolute Gasteiger partial charge is 0.380 e. The van der Waals surface area contributed by atoms with Gasteiger partial charge in [-0.15, -0.1) is 11.3 Å². The number of halogens is 2. The molecule has 0 spiro atoms. The Morgan fingerprint density at radius 2 is 2.12 bits per heavy atom. The van der Waals surface area contributed by atoms with Crippen LogP contribution in [0.15, 0.2) is 24.4 Å². The third-order valence-electron chi connectivity index (χ3n) is 2.29. The fourth-order valence-corrected chi connectivity index (χ4v) is 2.19. The zero-order valence-corrected chi connectivity index (χ0v) is 10.2. The maximum atomic E-state index is 12.9.